The Labute approximate surface area is 146 Å². The summed E-state index contributed by atoms with van der Waals surface area (Å²) in [6.45, 7) is 6.47. The molecule has 0 aromatic carbocycles. The highest BCUT2D eigenvalue weighted by Gasteiger charge is 2.63. The molecule has 0 aromatic rings. The Morgan fingerprint density at radius 1 is 0.958 bits per heavy atom. The van der Waals surface area contributed by atoms with E-state index in [0.717, 1.165) is 25.7 Å². The number of aliphatic hydroxyl groups excluding tert-OH is 2. The molecule has 136 valence electrons. The lowest BCUT2D eigenvalue weighted by atomic mass is 9.44. The van der Waals surface area contributed by atoms with Crippen LogP contribution in [0.25, 0.3) is 0 Å². The zero-order chi connectivity index (χ0) is 17.3. The Morgan fingerprint density at radius 2 is 1.67 bits per heavy atom. The molecule has 2 N–H and O–H groups in total. The first kappa shape index (κ1) is 17.0. The number of hydrogen-bond donors (Lipinski definition) is 2. The predicted octanol–water partition coefficient (Wildman–Crippen LogP) is 3.57. The summed E-state index contributed by atoms with van der Waals surface area (Å²) in [6, 6.07) is 0. The van der Waals surface area contributed by atoms with Gasteiger partial charge in [0.15, 0.2) is 0 Å². The van der Waals surface area contributed by atoms with Crippen molar-refractivity contribution >= 4 is 5.78 Å². The van der Waals surface area contributed by atoms with Gasteiger partial charge in [0, 0.05) is 5.92 Å². The number of hydrogen-bond acceptors (Lipinski definition) is 3. The fraction of sp³-hybridized carbons (Fsp3) is 0.952. The van der Waals surface area contributed by atoms with Gasteiger partial charge in [-0.05, 0) is 92.8 Å². The molecule has 0 saturated heterocycles. The minimum atomic E-state index is -0.300. The van der Waals surface area contributed by atoms with Crippen LogP contribution < -0.4 is 0 Å². The Morgan fingerprint density at radius 3 is 2.38 bits per heavy atom. The predicted molar refractivity (Wildman–Crippen MR) is 93.3 cm³/mol. The van der Waals surface area contributed by atoms with Crippen LogP contribution in [0.1, 0.15) is 72.1 Å². The van der Waals surface area contributed by atoms with Gasteiger partial charge in [-0.2, -0.15) is 0 Å². The lowest BCUT2D eigenvalue weighted by molar-refractivity contribution is -0.145. The van der Waals surface area contributed by atoms with E-state index < -0.39 is 0 Å². The first-order valence-electron chi connectivity index (χ1n) is 10.1. The summed E-state index contributed by atoms with van der Waals surface area (Å²) in [5, 5.41) is 21.0. The number of carbonyl (C=O) groups excluding carboxylic acids is 1. The average Bonchev–Trinajstić information content (AvgIpc) is 2.80. The van der Waals surface area contributed by atoms with Crippen molar-refractivity contribution < 1.29 is 15.0 Å². The topological polar surface area (TPSA) is 57.5 Å². The minimum absolute atomic E-state index is 0.00376. The number of fused-ring (bicyclic) bond motifs is 5. The van der Waals surface area contributed by atoms with Crippen molar-refractivity contribution in [2.75, 3.05) is 0 Å². The van der Waals surface area contributed by atoms with E-state index >= 15 is 0 Å². The smallest absolute Gasteiger partial charge is 0.133 e. The van der Waals surface area contributed by atoms with E-state index in [2.05, 4.69) is 13.8 Å². The van der Waals surface area contributed by atoms with Gasteiger partial charge in [0.05, 0.1) is 12.2 Å². The van der Waals surface area contributed by atoms with Crippen LogP contribution in [0.15, 0.2) is 0 Å². The standard InChI is InChI=1S/C21H34O3/c1-12(22)17-11-18(24)19-15-5-4-13-10-14(23)6-8-20(13,2)16(15)7-9-21(17,19)3/h13-19,23-24H,4-11H2,1-3H3/t13-,14-,15-,16-,17-,18-,19+,20+,21-/m1/s1. The van der Waals surface area contributed by atoms with Gasteiger partial charge in [-0.1, -0.05) is 13.8 Å². The van der Waals surface area contributed by atoms with Gasteiger partial charge in [-0.3, -0.25) is 4.79 Å². The fourth-order valence-corrected chi connectivity index (χ4v) is 7.93. The van der Waals surface area contributed by atoms with Crippen molar-refractivity contribution in [1.29, 1.82) is 0 Å². The molecule has 0 bridgehead atoms. The maximum absolute atomic E-state index is 12.2. The summed E-state index contributed by atoms with van der Waals surface area (Å²) in [7, 11) is 0. The molecule has 0 aromatic heterocycles. The molecular formula is C21H34O3. The Bertz CT molecular complexity index is 531. The number of rotatable bonds is 1. The van der Waals surface area contributed by atoms with Crippen LogP contribution in [0.2, 0.25) is 0 Å². The summed E-state index contributed by atoms with van der Waals surface area (Å²) in [5.74, 6) is 2.51. The zero-order valence-electron chi connectivity index (χ0n) is 15.5. The largest absolute Gasteiger partial charge is 0.393 e. The van der Waals surface area contributed by atoms with E-state index in [4.69, 9.17) is 0 Å². The number of aliphatic hydroxyl groups is 2. The highest BCUT2D eigenvalue weighted by molar-refractivity contribution is 5.79. The number of carbonyl (C=O) groups is 1. The second kappa shape index (κ2) is 5.54. The SMILES string of the molecule is CC(=O)[C@H]1C[C@@H](O)[C@@H]2[C@@H]3CC[C@@H]4C[C@H](O)CC[C@]4(C)[C@@H]3CC[C@@]21C. The summed E-state index contributed by atoms with van der Waals surface area (Å²) in [6.07, 6.45) is 7.99. The van der Waals surface area contributed by atoms with E-state index in [1.165, 1.54) is 19.3 Å². The van der Waals surface area contributed by atoms with Gasteiger partial charge in [-0.25, -0.2) is 0 Å². The van der Waals surface area contributed by atoms with Crippen LogP contribution in [-0.2, 0) is 4.79 Å². The normalized spacial score (nSPS) is 57.0. The first-order valence-corrected chi connectivity index (χ1v) is 10.1. The zero-order valence-corrected chi connectivity index (χ0v) is 15.5. The molecule has 4 saturated carbocycles. The third kappa shape index (κ3) is 2.19. The quantitative estimate of drug-likeness (QED) is 0.771. The van der Waals surface area contributed by atoms with E-state index in [0.29, 0.717) is 35.5 Å². The second-order valence-electron chi connectivity index (χ2n) is 10.0. The van der Waals surface area contributed by atoms with Crippen LogP contribution >= 0.6 is 0 Å². The van der Waals surface area contributed by atoms with Gasteiger partial charge >= 0.3 is 0 Å². The molecule has 3 heteroatoms. The van der Waals surface area contributed by atoms with E-state index in [1.807, 2.05) is 0 Å². The Hall–Kier alpha value is -0.410. The molecule has 3 nitrogen and oxygen atoms in total. The first-order chi connectivity index (χ1) is 11.3. The van der Waals surface area contributed by atoms with Gasteiger partial charge in [0.1, 0.15) is 5.78 Å². The van der Waals surface area contributed by atoms with Crippen LogP contribution in [0.4, 0.5) is 0 Å². The minimum Gasteiger partial charge on any atom is -0.393 e. The van der Waals surface area contributed by atoms with Crippen LogP contribution in [-0.4, -0.2) is 28.2 Å². The van der Waals surface area contributed by atoms with Gasteiger partial charge < -0.3 is 10.2 Å². The maximum Gasteiger partial charge on any atom is 0.133 e. The summed E-state index contributed by atoms with van der Waals surface area (Å²) < 4.78 is 0. The van der Waals surface area contributed by atoms with Crippen LogP contribution in [0.5, 0.6) is 0 Å². The van der Waals surface area contributed by atoms with Crippen molar-refractivity contribution in [3.63, 3.8) is 0 Å². The molecule has 4 rings (SSSR count). The fourth-order valence-electron chi connectivity index (χ4n) is 7.93. The van der Waals surface area contributed by atoms with Gasteiger partial charge in [-0.15, -0.1) is 0 Å². The molecular weight excluding hydrogens is 300 g/mol. The molecule has 0 spiro atoms. The molecule has 4 aliphatic rings. The molecule has 0 aliphatic heterocycles. The molecule has 0 heterocycles. The lowest BCUT2D eigenvalue weighted by Crippen LogP contribution is -2.55. The molecule has 0 amide bonds. The molecule has 0 unspecified atom stereocenters. The van der Waals surface area contributed by atoms with Gasteiger partial charge in [0.2, 0.25) is 0 Å². The summed E-state index contributed by atoms with van der Waals surface area (Å²) in [4.78, 5) is 12.2. The van der Waals surface area contributed by atoms with Crippen molar-refractivity contribution in [3.8, 4) is 0 Å². The summed E-state index contributed by atoms with van der Waals surface area (Å²) >= 11 is 0. The van der Waals surface area contributed by atoms with Crippen LogP contribution in [0, 0.1) is 40.4 Å². The van der Waals surface area contributed by atoms with Gasteiger partial charge in [0.25, 0.3) is 0 Å². The second-order valence-corrected chi connectivity index (χ2v) is 10.0. The van der Waals surface area contributed by atoms with Crippen LogP contribution in [0.3, 0.4) is 0 Å². The number of ketones is 1. The Balaban J connectivity index is 1.65. The molecule has 9 atom stereocenters. The monoisotopic (exact) mass is 334 g/mol. The molecule has 0 radical (unpaired) electrons. The van der Waals surface area contributed by atoms with Crippen molar-refractivity contribution in [1.82, 2.24) is 0 Å². The number of Topliss-reactive ketones (excluding diaryl/α,β-unsaturated/α-hetero) is 1. The lowest BCUT2D eigenvalue weighted by Gasteiger charge is -2.61. The highest BCUT2D eigenvalue weighted by Crippen LogP contribution is 2.67. The van der Waals surface area contributed by atoms with E-state index in [1.54, 1.807) is 6.92 Å². The van der Waals surface area contributed by atoms with Crippen molar-refractivity contribution in [3.05, 3.63) is 0 Å². The third-order valence-electron chi connectivity index (χ3n) is 9.11. The highest BCUT2D eigenvalue weighted by atomic mass is 16.3. The summed E-state index contributed by atoms with van der Waals surface area (Å²) in [5.41, 5.74) is 0.335. The molecule has 4 fully saturated rings. The average molecular weight is 335 g/mol. The van der Waals surface area contributed by atoms with E-state index in [9.17, 15) is 15.0 Å². The Kier molecular flexibility index (Phi) is 3.93. The van der Waals surface area contributed by atoms with Crippen molar-refractivity contribution in [2.24, 2.45) is 40.4 Å². The van der Waals surface area contributed by atoms with Crippen molar-refractivity contribution in [2.45, 2.75) is 84.3 Å². The molecule has 24 heavy (non-hydrogen) atoms. The van der Waals surface area contributed by atoms with E-state index in [-0.39, 0.29) is 29.3 Å². The molecule has 4 aliphatic carbocycles. The third-order valence-corrected chi connectivity index (χ3v) is 9.11. The maximum atomic E-state index is 12.2.